The van der Waals surface area contributed by atoms with Crippen molar-refractivity contribution in [3.63, 3.8) is 0 Å². The molecule has 1 aliphatic heterocycles. The van der Waals surface area contributed by atoms with E-state index in [0.717, 1.165) is 32.1 Å². The summed E-state index contributed by atoms with van der Waals surface area (Å²) >= 11 is 0. The molecule has 2 aliphatic rings. The zero-order chi connectivity index (χ0) is 13.3. The van der Waals surface area contributed by atoms with E-state index in [9.17, 15) is 8.42 Å². The lowest BCUT2D eigenvalue weighted by Gasteiger charge is -2.24. The van der Waals surface area contributed by atoms with Crippen LogP contribution in [0.4, 0.5) is 0 Å². The molecular formula is C15H21NO2S. The molecule has 1 saturated carbocycles. The molecule has 1 saturated heterocycles. The van der Waals surface area contributed by atoms with Crippen LogP contribution in [0.15, 0.2) is 30.3 Å². The fourth-order valence-electron chi connectivity index (χ4n) is 2.91. The topological polar surface area (TPSA) is 37.4 Å². The summed E-state index contributed by atoms with van der Waals surface area (Å²) in [5.41, 5.74) is 1.28. The lowest BCUT2D eigenvalue weighted by Crippen LogP contribution is -2.36. The van der Waals surface area contributed by atoms with Gasteiger partial charge >= 0.3 is 0 Å². The van der Waals surface area contributed by atoms with Crippen LogP contribution in [0, 0.1) is 0 Å². The number of hydrogen-bond acceptors (Lipinski definition) is 2. The molecule has 1 unspecified atom stereocenters. The second kappa shape index (κ2) is 5.25. The quantitative estimate of drug-likeness (QED) is 0.853. The number of rotatable bonds is 3. The normalized spacial score (nSPS) is 26.0. The minimum atomic E-state index is -3.02. The van der Waals surface area contributed by atoms with Crippen molar-refractivity contribution in [1.82, 2.24) is 4.31 Å². The van der Waals surface area contributed by atoms with E-state index in [2.05, 4.69) is 12.1 Å². The van der Waals surface area contributed by atoms with Crippen molar-refractivity contribution in [2.75, 3.05) is 13.1 Å². The molecule has 1 aromatic carbocycles. The van der Waals surface area contributed by atoms with Gasteiger partial charge in [-0.1, -0.05) is 36.8 Å². The highest BCUT2D eigenvalue weighted by Crippen LogP contribution is 2.34. The largest absolute Gasteiger partial charge is 0.217 e. The molecule has 0 N–H and O–H groups in total. The third-order valence-electron chi connectivity index (χ3n) is 4.21. The summed E-state index contributed by atoms with van der Waals surface area (Å²) in [6, 6.07) is 10.3. The lowest BCUT2D eigenvalue weighted by molar-refractivity contribution is 0.405. The monoisotopic (exact) mass is 279 g/mol. The van der Waals surface area contributed by atoms with Gasteiger partial charge in [-0.05, 0) is 37.2 Å². The summed E-state index contributed by atoms with van der Waals surface area (Å²) in [5.74, 6) is 0.359. The second-order valence-corrected chi connectivity index (χ2v) is 7.92. The van der Waals surface area contributed by atoms with Gasteiger partial charge in [0.15, 0.2) is 0 Å². The Hall–Kier alpha value is -0.870. The van der Waals surface area contributed by atoms with E-state index >= 15 is 0 Å². The van der Waals surface area contributed by atoms with Crippen molar-refractivity contribution in [2.45, 2.75) is 43.3 Å². The molecule has 0 radical (unpaired) electrons. The van der Waals surface area contributed by atoms with Crippen LogP contribution in [-0.4, -0.2) is 31.1 Å². The number of hydrogen-bond donors (Lipinski definition) is 0. The molecule has 1 heterocycles. The molecule has 104 valence electrons. The highest BCUT2D eigenvalue weighted by atomic mass is 32.2. The van der Waals surface area contributed by atoms with Crippen LogP contribution < -0.4 is 0 Å². The van der Waals surface area contributed by atoms with Gasteiger partial charge < -0.3 is 0 Å². The third kappa shape index (κ3) is 2.84. The molecule has 0 bridgehead atoms. The van der Waals surface area contributed by atoms with Crippen molar-refractivity contribution in [1.29, 1.82) is 0 Å². The Labute approximate surface area is 115 Å². The van der Waals surface area contributed by atoms with Crippen LogP contribution in [0.3, 0.4) is 0 Å². The number of sulfonamides is 1. The van der Waals surface area contributed by atoms with Gasteiger partial charge in [0.05, 0.1) is 5.25 Å². The van der Waals surface area contributed by atoms with Gasteiger partial charge in [0.2, 0.25) is 10.0 Å². The van der Waals surface area contributed by atoms with Crippen molar-refractivity contribution in [2.24, 2.45) is 0 Å². The second-order valence-electron chi connectivity index (χ2n) is 5.71. The average molecular weight is 279 g/mol. The maximum absolute atomic E-state index is 12.4. The lowest BCUT2D eigenvalue weighted by atomic mass is 9.95. The van der Waals surface area contributed by atoms with E-state index in [1.54, 1.807) is 4.31 Å². The van der Waals surface area contributed by atoms with Gasteiger partial charge in [0.25, 0.3) is 0 Å². The molecule has 0 amide bonds. The molecule has 3 nitrogen and oxygen atoms in total. The van der Waals surface area contributed by atoms with Crippen molar-refractivity contribution < 1.29 is 8.42 Å². The van der Waals surface area contributed by atoms with E-state index in [4.69, 9.17) is 0 Å². The Morgan fingerprint density at radius 2 is 1.74 bits per heavy atom. The van der Waals surface area contributed by atoms with Gasteiger partial charge in [0, 0.05) is 13.1 Å². The van der Waals surface area contributed by atoms with E-state index in [1.807, 2.05) is 18.2 Å². The fraction of sp³-hybridized carbons (Fsp3) is 0.600. The first-order valence-electron chi connectivity index (χ1n) is 7.22. The van der Waals surface area contributed by atoms with Crippen LogP contribution in [0.1, 0.15) is 43.6 Å². The summed E-state index contributed by atoms with van der Waals surface area (Å²) in [6.07, 6.45) is 4.93. The van der Waals surface area contributed by atoms with Gasteiger partial charge in [-0.2, -0.15) is 0 Å². The molecule has 0 spiro atoms. The number of nitrogens with zero attached hydrogens (tertiary/aromatic N) is 1. The van der Waals surface area contributed by atoms with Gasteiger partial charge in [0.1, 0.15) is 0 Å². The van der Waals surface area contributed by atoms with Crippen LogP contribution >= 0.6 is 0 Å². The Balaban J connectivity index is 1.80. The van der Waals surface area contributed by atoms with E-state index in [0.29, 0.717) is 19.0 Å². The minimum Gasteiger partial charge on any atom is -0.212 e. The Morgan fingerprint density at radius 1 is 1.00 bits per heavy atom. The average Bonchev–Trinajstić information content (AvgIpc) is 3.26. The van der Waals surface area contributed by atoms with E-state index in [-0.39, 0.29) is 5.25 Å². The zero-order valence-corrected chi connectivity index (χ0v) is 12.0. The summed E-state index contributed by atoms with van der Waals surface area (Å²) in [4.78, 5) is 0. The molecule has 2 fully saturated rings. The van der Waals surface area contributed by atoms with Crippen molar-refractivity contribution in [3.05, 3.63) is 35.9 Å². The Bertz CT molecular complexity index is 522. The molecule has 0 aromatic heterocycles. The van der Waals surface area contributed by atoms with Gasteiger partial charge in [-0.25, -0.2) is 12.7 Å². The Morgan fingerprint density at radius 3 is 2.42 bits per heavy atom. The molecular weight excluding hydrogens is 258 g/mol. The number of benzene rings is 1. The smallest absolute Gasteiger partial charge is 0.212 e. The highest BCUT2D eigenvalue weighted by molar-refractivity contribution is 7.90. The summed E-state index contributed by atoms with van der Waals surface area (Å²) in [5, 5.41) is -0.0815. The predicted molar refractivity (Wildman–Crippen MR) is 76.5 cm³/mol. The van der Waals surface area contributed by atoms with Crippen LogP contribution in [-0.2, 0) is 10.0 Å². The fourth-order valence-corrected chi connectivity index (χ4v) is 4.84. The maximum atomic E-state index is 12.4. The third-order valence-corrected chi connectivity index (χ3v) is 6.58. The molecule has 1 aromatic rings. The Kier molecular flexibility index (Phi) is 3.63. The molecule has 3 rings (SSSR count). The summed E-state index contributed by atoms with van der Waals surface area (Å²) in [7, 11) is -3.02. The van der Waals surface area contributed by atoms with Gasteiger partial charge in [-0.3, -0.25) is 0 Å². The first kappa shape index (κ1) is 13.1. The first-order chi connectivity index (χ1) is 9.18. The first-order valence-corrected chi connectivity index (χ1v) is 8.72. The van der Waals surface area contributed by atoms with E-state index < -0.39 is 10.0 Å². The molecule has 19 heavy (non-hydrogen) atoms. The zero-order valence-electron chi connectivity index (χ0n) is 11.2. The predicted octanol–water partition coefficient (Wildman–Crippen LogP) is 2.75. The standard InChI is InChI=1S/C15H21NO2S/c17-19(18,15-9-10-15)16-11-5-4-8-14(12-16)13-6-2-1-3-7-13/h1-3,6-7,14-15H,4-5,8-12H2. The highest BCUT2D eigenvalue weighted by Gasteiger charge is 2.41. The van der Waals surface area contributed by atoms with Crippen LogP contribution in [0.2, 0.25) is 0 Å². The maximum Gasteiger partial charge on any atom is 0.217 e. The minimum absolute atomic E-state index is 0.0815. The summed E-state index contributed by atoms with van der Waals surface area (Å²) in [6.45, 7) is 1.38. The van der Waals surface area contributed by atoms with Gasteiger partial charge in [-0.15, -0.1) is 0 Å². The molecule has 1 atom stereocenters. The SMILES string of the molecule is O=S(=O)(C1CC1)N1CCCCC(c2ccccc2)C1. The molecule has 1 aliphatic carbocycles. The molecule has 4 heteroatoms. The van der Waals surface area contributed by atoms with Crippen LogP contribution in [0.25, 0.3) is 0 Å². The van der Waals surface area contributed by atoms with Crippen molar-refractivity contribution in [3.8, 4) is 0 Å². The van der Waals surface area contributed by atoms with E-state index in [1.165, 1.54) is 5.56 Å². The summed E-state index contributed by atoms with van der Waals surface area (Å²) < 4.78 is 26.6. The van der Waals surface area contributed by atoms with Crippen molar-refractivity contribution >= 4 is 10.0 Å². The van der Waals surface area contributed by atoms with Crippen LogP contribution in [0.5, 0.6) is 0 Å².